The Balaban J connectivity index is 1.50. The zero-order valence-electron chi connectivity index (χ0n) is 17.9. The first kappa shape index (κ1) is 22.6. The number of hydrogen-bond donors (Lipinski definition) is 1. The van der Waals surface area contributed by atoms with Crippen molar-refractivity contribution in [2.24, 2.45) is 0 Å². The van der Waals surface area contributed by atoms with Gasteiger partial charge in [-0.1, -0.05) is 48.0 Å². The van der Waals surface area contributed by atoms with Crippen molar-refractivity contribution < 1.29 is 23.4 Å². The largest absolute Gasteiger partial charge is 0.459 e. The van der Waals surface area contributed by atoms with Gasteiger partial charge >= 0.3 is 11.7 Å². The number of aryl methyl sites for hydroxylation is 1. The third-order valence-corrected chi connectivity index (χ3v) is 5.35. The van der Waals surface area contributed by atoms with Crippen molar-refractivity contribution in [2.45, 2.75) is 38.4 Å². The molecule has 0 aliphatic carbocycles. The number of carbonyl (C=O) groups is 1. The number of halogens is 1. The van der Waals surface area contributed by atoms with Crippen LogP contribution in [0.5, 0.6) is 0 Å². The number of nitrogens with zero attached hydrogens (tertiary/aromatic N) is 1. The van der Waals surface area contributed by atoms with Crippen molar-refractivity contribution in [2.75, 3.05) is 6.61 Å². The third-order valence-electron chi connectivity index (χ3n) is 5.35. The maximum atomic E-state index is 13.8. The van der Waals surface area contributed by atoms with Crippen LogP contribution in [0.1, 0.15) is 34.1 Å². The smallest absolute Gasteiger partial charge is 0.338 e. The number of rotatable bonds is 7. The Kier molecular flexibility index (Phi) is 6.81. The number of carbonyl (C=O) groups excluding carboxylic acids is 1. The van der Waals surface area contributed by atoms with Gasteiger partial charge in [0, 0.05) is 6.42 Å². The monoisotopic (exact) mass is 454 g/mol. The van der Waals surface area contributed by atoms with Gasteiger partial charge in [-0.15, -0.1) is 0 Å². The van der Waals surface area contributed by atoms with E-state index in [9.17, 15) is 18.8 Å². The van der Waals surface area contributed by atoms with Gasteiger partial charge in [0.2, 0.25) is 5.82 Å². The fraction of sp³-hybridized carbons (Fsp3) is 0.292. The summed E-state index contributed by atoms with van der Waals surface area (Å²) in [4.78, 5) is 37.9. The summed E-state index contributed by atoms with van der Waals surface area (Å²) in [5, 5.41) is 0. The van der Waals surface area contributed by atoms with Gasteiger partial charge in [0.15, 0.2) is 0 Å². The Morgan fingerprint density at radius 2 is 1.97 bits per heavy atom. The maximum Gasteiger partial charge on any atom is 0.338 e. The van der Waals surface area contributed by atoms with Gasteiger partial charge in [-0.2, -0.15) is 4.39 Å². The number of aromatic nitrogens is 2. The molecule has 3 aromatic rings. The fourth-order valence-corrected chi connectivity index (χ4v) is 3.66. The van der Waals surface area contributed by atoms with E-state index in [2.05, 4.69) is 0 Å². The summed E-state index contributed by atoms with van der Waals surface area (Å²) in [7, 11) is 0. The second-order valence-electron chi connectivity index (χ2n) is 7.81. The standard InChI is InChI=1S/C24H23FN2O6/c1-15-6-5-9-17(10-15)23(29)32-14-20-19(31-13-16-7-3-2-4-8-16)11-21(33-20)27-12-18(25)22(28)26-24(27)30/h2-10,12,19-21H,11,13-14H2,1H3,(H,26,28,30)/t19-,20+,21+/m0/s1. The molecule has 0 unspecified atom stereocenters. The number of hydrogen-bond acceptors (Lipinski definition) is 6. The van der Waals surface area contributed by atoms with Crippen LogP contribution in [0.3, 0.4) is 0 Å². The van der Waals surface area contributed by atoms with E-state index in [1.165, 1.54) is 0 Å². The molecule has 3 atom stereocenters. The molecule has 0 amide bonds. The number of nitrogens with one attached hydrogen (secondary N) is 1. The Bertz CT molecular complexity index is 1240. The number of aromatic amines is 1. The predicted molar refractivity (Wildman–Crippen MR) is 116 cm³/mol. The predicted octanol–water partition coefficient (Wildman–Crippen LogP) is 2.71. The fourth-order valence-electron chi connectivity index (χ4n) is 3.66. The second kappa shape index (κ2) is 9.93. The summed E-state index contributed by atoms with van der Waals surface area (Å²) in [5.41, 5.74) is 0.361. The van der Waals surface area contributed by atoms with Crippen LogP contribution in [0.15, 0.2) is 70.4 Å². The van der Waals surface area contributed by atoms with Crippen LogP contribution < -0.4 is 11.2 Å². The number of ether oxygens (including phenoxy) is 3. The highest BCUT2D eigenvalue weighted by Crippen LogP contribution is 2.31. The molecular weight excluding hydrogens is 431 g/mol. The molecule has 1 saturated heterocycles. The molecule has 0 radical (unpaired) electrons. The molecule has 4 rings (SSSR count). The molecule has 0 spiro atoms. The zero-order valence-corrected chi connectivity index (χ0v) is 17.9. The van der Waals surface area contributed by atoms with Crippen molar-refractivity contribution in [3.63, 3.8) is 0 Å². The highest BCUT2D eigenvalue weighted by atomic mass is 19.1. The Hall–Kier alpha value is -3.56. The van der Waals surface area contributed by atoms with Crippen LogP contribution in [0.25, 0.3) is 0 Å². The van der Waals surface area contributed by atoms with Crippen LogP contribution in [0.4, 0.5) is 4.39 Å². The topological polar surface area (TPSA) is 99.6 Å². The summed E-state index contributed by atoms with van der Waals surface area (Å²) in [5.74, 6) is -1.62. The van der Waals surface area contributed by atoms with Crippen molar-refractivity contribution in [3.8, 4) is 0 Å². The molecular formula is C24H23FN2O6. The van der Waals surface area contributed by atoms with Gasteiger partial charge in [-0.3, -0.25) is 14.3 Å². The SMILES string of the molecule is Cc1cccc(C(=O)OC[C@H]2O[C@@H](n3cc(F)c(=O)[nH]c3=O)C[C@@H]2OCc2ccccc2)c1. The number of benzene rings is 2. The highest BCUT2D eigenvalue weighted by molar-refractivity contribution is 5.89. The van der Waals surface area contributed by atoms with Gasteiger partial charge in [-0.05, 0) is 24.6 Å². The molecule has 33 heavy (non-hydrogen) atoms. The van der Waals surface area contributed by atoms with Crippen LogP contribution in [-0.2, 0) is 20.8 Å². The minimum atomic E-state index is -1.10. The maximum absolute atomic E-state index is 13.8. The Morgan fingerprint density at radius 1 is 1.18 bits per heavy atom. The first-order chi connectivity index (χ1) is 15.9. The molecule has 1 fully saturated rings. The first-order valence-corrected chi connectivity index (χ1v) is 10.5. The lowest BCUT2D eigenvalue weighted by Crippen LogP contribution is -2.34. The average Bonchev–Trinajstić information content (AvgIpc) is 3.22. The van der Waals surface area contributed by atoms with Crippen LogP contribution in [-0.4, -0.2) is 34.3 Å². The first-order valence-electron chi connectivity index (χ1n) is 10.5. The van der Waals surface area contributed by atoms with E-state index in [4.69, 9.17) is 14.2 Å². The molecule has 2 aromatic carbocycles. The molecule has 1 aliphatic rings. The van der Waals surface area contributed by atoms with E-state index >= 15 is 0 Å². The summed E-state index contributed by atoms with van der Waals surface area (Å²) in [6.07, 6.45) is -1.13. The van der Waals surface area contributed by atoms with Gasteiger partial charge in [-0.25, -0.2) is 9.59 Å². The normalized spacial score (nSPS) is 20.0. The lowest BCUT2D eigenvalue weighted by molar-refractivity contribution is -0.0709. The third kappa shape index (κ3) is 5.44. The molecule has 8 nitrogen and oxygen atoms in total. The van der Waals surface area contributed by atoms with E-state index in [0.29, 0.717) is 5.56 Å². The van der Waals surface area contributed by atoms with Crippen LogP contribution in [0.2, 0.25) is 0 Å². The highest BCUT2D eigenvalue weighted by Gasteiger charge is 2.38. The average molecular weight is 454 g/mol. The van der Waals surface area contributed by atoms with E-state index < -0.39 is 41.5 Å². The van der Waals surface area contributed by atoms with Crippen molar-refractivity contribution >= 4 is 5.97 Å². The van der Waals surface area contributed by atoms with Crippen molar-refractivity contribution in [1.29, 1.82) is 0 Å². The molecule has 1 aliphatic heterocycles. The minimum absolute atomic E-state index is 0.122. The lowest BCUT2D eigenvalue weighted by atomic mass is 10.1. The molecule has 0 saturated carbocycles. The lowest BCUT2D eigenvalue weighted by Gasteiger charge is -2.19. The quantitative estimate of drug-likeness (QED) is 0.551. The molecule has 172 valence electrons. The van der Waals surface area contributed by atoms with E-state index in [-0.39, 0.29) is 19.6 Å². The van der Waals surface area contributed by atoms with Crippen LogP contribution >= 0.6 is 0 Å². The van der Waals surface area contributed by atoms with Crippen molar-refractivity contribution in [3.05, 3.63) is 104 Å². The van der Waals surface area contributed by atoms with Gasteiger partial charge < -0.3 is 14.2 Å². The summed E-state index contributed by atoms with van der Waals surface area (Å²) in [6, 6.07) is 16.5. The van der Waals surface area contributed by atoms with E-state index in [1.807, 2.05) is 48.3 Å². The summed E-state index contributed by atoms with van der Waals surface area (Å²) >= 11 is 0. The Morgan fingerprint density at radius 3 is 2.73 bits per heavy atom. The second-order valence-corrected chi connectivity index (χ2v) is 7.81. The number of H-pyrrole nitrogens is 1. The van der Waals surface area contributed by atoms with E-state index in [1.54, 1.807) is 18.2 Å². The summed E-state index contributed by atoms with van der Waals surface area (Å²) < 4.78 is 32.1. The van der Waals surface area contributed by atoms with E-state index in [0.717, 1.165) is 21.9 Å². The molecule has 9 heteroatoms. The minimum Gasteiger partial charge on any atom is -0.459 e. The molecule has 2 heterocycles. The van der Waals surface area contributed by atoms with Crippen molar-refractivity contribution in [1.82, 2.24) is 9.55 Å². The molecule has 1 aromatic heterocycles. The van der Waals surface area contributed by atoms with Gasteiger partial charge in [0.25, 0.3) is 5.56 Å². The molecule has 0 bridgehead atoms. The Labute approximate surface area is 188 Å². The van der Waals surface area contributed by atoms with Crippen LogP contribution in [0, 0.1) is 12.7 Å². The van der Waals surface area contributed by atoms with Gasteiger partial charge in [0.05, 0.1) is 24.5 Å². The zero-order chi connectivity index (χ0) is 23.4. The number of esters is 1. The summed E-state index contributed by atoms with van der Waals surface area (Å²) in [6.45, 7) is 2.03. The molecule has 1 N–H and O–H groups in total. The van der Waals surface area contributed by atoms with Gasteiger partial charge in [0.1, 0.15) is 18.9 Å².